The minimum absolute atomic E-state index is 0.00170. The lowest BCUT2D eigenvalue weighted by atomic mass is 9.72. The van der Waals surface area contributed by atoms with Gasteiger partial charge in [0.1, 0.15) is 17.5 Å². The van der Waals surface area contributed by atoms with Crippen LogP contribution in [0.5, 0.6) is 0 Å². The molecule has 2 fully saturated rings. The predicted molar refractivity (Wildman–Crippen MR) is 96.9 cm³/mol. The summed E-state index contributed by atoms with van der Waals surface area (Å²) in [4.78, 5) is 43.9. The average Bonchev–Trinajstić information content (AvgIpc) is 2.52. The molecule has 0 aromatic rings. The summed E-state index contributed by atoms with van der Waals surface area (Å²) in [5, 5.41) is 0. The first-order valence-electron chi connectivity index (χ1n) is 9.37. The number of ketones is 2. The van der Waals surface area contributed by atoms with Gasteiger partial charge in [-0.25, -0.2) is 0 Å². The lowest BCUT2D eigenvalue weighted by molar-refractivity contribution is -0.902. The molecule has 0 bridgehead atoms. The summed E-state index contributed by atoms with van der Waals surface area (Å²) in [6.07, 6.45) is 2.47. The van der Waals surface area contributed by atoms with Crippen LogP contribution in [0.2, 0.25) is 0 Å². The van der Waals surface area contributed by atoms with E-state index >= 15 is 0 Å². The quantitative estimate of drug-likeness (QED) is 0.561. The van der Waals surface area contributed by atoms with Gasteiger partial charge in [-0.1, -0.05) is 27.7 Å². The molecule has 0 atom stereocenters. The van der Waals surface area contributed by atoms with Crippen molar-refractivity contribution >= 4 is 23.7 Å². The second-order valence-corrected chi connectivity index (χ2v) is 8.46. The molecule has 25 heavy (non-hydrogen) atoms. The van der Waals surface area contributed by atoms with E-state index in [1.807, 2.05) is 32.6 Å². The van der Waals surface area contributed by atoms with Crippen molar-refractivity contribution in [1.82, 2.24) is 4.90 Å². The molecule has 1 aliphatic carbocycles. The molecule has 1 N–H and O–H groups in total. The maximum absolute atomic E-state index is 12.1. The smallest absolute Gasteiger partial charge is 0.225 e. The van der Waals surface area contributed by atoms with Crippen molar-refractivity contribution in [2.24, 2.45) is 22.2 Å². The summed E-state index contributed by atoms with van der Waals surface area (Å²) in [5.74, 6) is -0.351. The monoisotopic (exact) mass is 350 g/mol. The van der Waals surface area contributed by atoms with Gasteiger partial charge in [0.15, 0.2) is 0 Å². The summed E-state index contributed by atoms with van der Waals surface area (Å²) in [7, 11) is 0. The van der Waals surface area contributed by atoms with Crippen LogP contribution in [-0.2, 0) is 14.4 Å². The number of quaternary nitrogens is 1. The maximum Gasteiger partial charge on any atom is 0.225 e. The number of carbonyl (C=O) groups is 3. The molecule has 1 saturated heterocycles. The Bertz CT molecular complexity index is 526. The van der Waals surface area contributed by atoms with E-state index in [1.165, 1.54) is 4.90 Å². The minimum Gasteiger partial charge on any atom is -0.331 e. The largest absolute Gasteiger partial charge is 0.331 e. The van der Waals surface area contributed by atoms with Crippen molar-refractivity contribution in [3.05, 3.63) is 0 Å². The zero-order valence-electron chi connectivity index (χ0n) is 16.0. The Balaban J connectivity index is 1.73. The zero-order valence-corrected chi connectivity index (χ0v) is 16.0. The van der Waals surface area contributed by atoms with Gasteiger partial charge in [0.05, 0.1) is 39.3 Å². The molecule has 0 aromatic carbocycles. The van der Waals surface area contributed by atoms with Crippen molar-refractivity contribution in [3.8, 4) is 0 Å². The van der Waals surface area contributed by atoms with E-state index in [9.17, 15) is 14.4 Å². The molecule has 0 unspecified atom stereocenters. The number of hydrogen-bond acceptors (Lipinski definition) is 4. The number of carbonyl (C=O) groups excluding carboxylic acids is 3. The SMILES string of the molecule is CC(C)C(=O)N1CC[NH+](CCN=CC2C(=O)CC(C)(C)CC2=O)CC1. The number of piperazine rings is 1. The van der Waals surface area contributed by atoms with Crippen LogP contribution in [-0.4, -0.2) is 67.9 Å². The van der Waals surface area contributed by atoms with Crippen LogP contribution in [0, 0.1) is 17.3 Å². The highest BCUT2D eigenvalue weighted by molar-refractivity contribution is 6.16. The van der Waals surface area contributed by atoms with E-state index in [-0.39, 0.29) is 28.8 Å². The second kappa shape index (κ2) is 8.21. The van der Waals surface area contributed by atoms with Crippen LogP contribution in [0.3, 0.4) is 0 Å². The van der Waals surface area contributed by atoms with E-state index in [4.69, 9.17) is 0 Å². The van der Waals surface area contributed by atoms with Gasteiger partial charge in [0.25, 0.3) is 0 Å². The van der Waals surface area contributed by atoms with Crippen molar-refractivity contribution in [3.63, 3.8) is 0 Å². The molecule has 1 amide bonds. The summed E-state index contributed by atoms with van der Waals surface area (Å²) < 4.78 is 0. The summed E-state index contributed by atoms with van der Waals surface area (Å²) in [5.41, 5.74) is -0.213. The number of nitrogens with zero attached hydrogens (tertiary/aromatic N) is 2. The van der Waals surface area contributed by atoms with Gasteiger partial charge in [-0.05, 0) is 5.41 Å². The molecule has 2 aliphatic rings. The Morgan fingerprint density at radius 1 is 1.24 bits per heavy atom. The normalized spacial score (nSPS) is 23.0. The van der Waals surface area contributed by atoms with Gasteiger partial charge in [-0.15, -0.1) is 0 Å². The van der Waals surface area contributed by atoms with E-state index < -0.39 is 5.92 Å². The van der Waals surface area contributed by atoms with Crippen LogP contribution in [0.4, 0.5) is 0 Å². The molecule has 1 aliphatic heterocycles. The number of aliphatic imine (C=N–C) groups is 1. The number of rotatable bonds is 5. The lowest BCUT2D eigenvalue weighted by Crippen LogP contribution is -3.15. The third-order valence-corrected chi connectivity index (χ3v) is 5.12. The highest BCUT2D eigenvalue weighted by atomic mass is 16.2. The molecule has 0 spiro atoms. The molecule has 1 saturated carbocycles. The van der Waals surface area contributed by atoms with Crippen LogP contribution in [0.15, 0.2) is 4.99 Å². The number of Topliss-reactive ketones (excluding diaryl/α,β-unsaturated/α-hetero) is 2. The lowest BCUT2D eigenvalue weighted by Gasteiger charge is -2.33. The van der Waals surface area contributed by atoms with Crippen molar-refractivity contribution in [1.29, 1.82) is 0 Å². The van der Waals surface area contributed by atoms with E-state index in [2.05, 4.69) is 4.99 Å². The average molecular weight is 350 g/mol. The molecular weight excluding hydrogens is 318 g/mol. The van der Waals surface area contributed by atoms with Gasteiger partial charge in [0.2, 0.25) is 5.91 Å². The Kier molecular flexibility index (Phi) is 6.49. The fourth-order valence-electron chi connectivity index (χ4n) is 3.63. The highest BCUT2D eigenvalue weighted by Crippen LogP contribution is 2.33. The summed E-state index contributed by atoms with van der Waals surface area (Å²) in [6.45, 7) is 12.7. The zero-order chi connectivity index (χ0) is 18.6. The topological polar surface area (TPSA) is 71.2 Å². The molecular formula is C19H32N3O3+. The maximum atomic E-state index is 12.1. The van der Waals surface area contributed by atoms with Gasteiger partial charge >= 0.3 is 0 Å². The minimum atomic E-state index is -0.636. The molecule has 0 aromatic heterocycles. The Hall–Kier alpha value is -1.56. The van der Waals surface area contributed by atoms with Crippen molar-refractivity contribution in [2.45, 2.75) is 40.5 Å². The second-order valence-electron chi connectivity index (χ2n) is 8.46. The van der Waals surface area contributed by atoms with Crippen LogP contribution in [0.25, 0.3) is 0 Å². The summed E-state index contributed by atoms with van der Waals surface area (Å²) in [6, 6.07) is 0. The first kappa shape index (κ1) is 19.8. The van der Waals surface area contributed by atoms with Gasteiger partial charge in [0, 0.05) is 25.0 Å². The predicted octanol–water partition coefficient (Wildman–Crippen LogP) is 0.0147. The first-order chi connectivity index (χ1) is 11.7. The Labute approximate surface area is 150 Å². The van der Waals surface area contributed by atoms with E-state index in [0.717, 1.165) is 32.7 Å². The molecule has 0 radical (unpaired) electrons. The Morgan fingerprint density at radius 2 is 1.80 bits per heavy atom. The van der Waals surface area contributed by atoms with E-state index in [1.54, 1.807) is 6.21 Å². The highest BCUT2D eigenvalue weighted by Gasteiger charge is 2.38. The van der Waals surface area contributed by atoms with Crippen LogP contribution < -0.4 is 4.90 Å². The van der Waals surface area contributed by atoms with Crippen molar-refractivity contribution < 1.29 is 19.3 Å². The first-order valence-corrected chi connectivity index (χ1v) is 9.37. The molecule has 6 nitrogen and oxygen atoms in total. The van der Waals surface area contributed by atoms with Crippen LogP contribution >= 0.6 is 0 Å². The van der Waals surface area contributed by atoms with Gasteiger partial charge < -0.3 is 9.80 Å². The molecule has 1 heterocycles. The van der Waals surface area contributed by atoms with Crippen LogP contribution in [0.1, 0.15) is 40.5 Å². The Morgan fingerprint density at radius 3 is 2.32 bits per heavy atom. The fourth-order valence-corrected chi connectivity index (χ4v) is 3.63. The number of nitrogens with one attached hydrogen (secondary N) is 1. The summed E-state index contributed by atoms with van der Waals surface area (Å²) >= 11 is 0. The molecule has 140 valence electrons. The molecule has 6 heteroatoms. The van der Waals surface area contributed by atoms with E-state index in [0.29, 0.717) is 19.4 Å². The fraction of sp³-hybridized carbons (Fsp3) is 0.789. The van der Waals surface area contributed by atoms with Gasteiger partial charge in [-0.2, -0.15) is 0 Å². The van der Waals surface area contributed by atoms with Crippen molar-refractivity contribution in [2.75, 3.05) is 39.3 Å². The number of hydrogen-bond donors (Lipinski definition) is 1. The standard InChI is InChI=1S/C19H31N3O3/c1-14(2)18(25)22-9-7-21(8-10-22)6-5-20-13-15-16(23)11-19(3,4)12-17(15)24/h13-15H,5-12H2,1-4H3/p+1. The van der Waals surface area contributed by atoms with Gasteiger partial charge in [-0.3, -0.25) is 19.4 Å². The third kappa shape index (κ3) is 5.46. The molecule has 2 rings (SSSR count). The third-order valence-electron chi connectivity index (χ3n) is 5.12. The number of amides is 1.